The summed E-state index contributed by atoms with van der Waals surface area (Å²) in [6.45, 7) is 1.69. The van der Waals surface area contributed by atoms with Crippen LogP contribution in [0, 0.1) is 18.6 Å². The molecule has 0 aromatic heterocycles. The third-order valence-electron chi connectivity index (χ3n) is 3.82. The summed E-state index contributed by atoms with van der Waals surface area (Å²) in [5.41, 5.74) is 0.0748. The molecule has 0 unspecified atom stereocenters. The molecular formula is C14H19F2NO4S. The highest BCUT2D eigenvalue weighted by atomic mass is 32.2. The van der Waals surface area contributed by atoms with Crippen LogP contribution in [0.3, 0.4) is 0 Å². The van der Waals surface area contributed by atoms with E-state index in [-0.39, 0.29) is 24.8 Å². The van der Waals surface area contributed by atoms with Crippen molar-refractivity contribution in [3.8, 4) is 0 Å². The fourth-order valence-electron chi connectivity index (χ4n) is 2.61. The number of aryl methyl sites for hydroxylation is 1. The van der Waals surface area contributed by atoms with Gasteiger partial charge in [0.15, 0.2) is 0 Å². The van der Waals surface area contributed by atoms with E-state index in [9.17, 15) is 17.2 Å². The number of hydrogen-bond acceptors (Lipinski definition) is 4. The highest BCUT2D eigenvalue weighted by Gasteiger charge is 2.41. The van der Waals surface area contributed by atoms with Crippen LogP contribution in [-0.4, -0.2) is 52.2 Å². The molecule has 2 rings (SSSR count). The third kappa shape index (κ3) is 3.15. The lowest BCUT2D eigenvalue weighted by atomic mass is 10.2. The average Bonchev–Trinajstić information content (AvgIpc) is 2.87. The molecule has 0 radical (unpaired) electrons. The van der Waals surface area contributed by atoms with Crippen LogP contribution in [0.2, 0.25) is 0 Å². The van der Waals surface area contributed by atoms with Gasteiger partial charge in [0.05, 0.1) is 18.8 Å². The van der Waals surface area contributed by atoms with E-state index in [4.69, 9.17) is 9.47 Å². The minimum atomic E-state index is -4.09. The van der Waals surface area contributed by atoms with Crippen molar-refractivity contribution >= 4 is 10.0 Å². The van der Waals surface area contributed by atoms with Gasteiger partial charge in [0.2, 0.25) is 10.0 Å². The lowest BCUT2D eigenvalue weighted by Gasteiger charge is -2.23. The molecule has 0 bridgehead atoms. The molecule has 1 fully saturated rings. The second-order valence-electron chi connectivity index (χ2n) is 5.31. The van der Waals surface area contributed by atoms with Crippen LogP contribution >= 0.6 is 0 Å². The minimum absolute atomic E-state index is 0.0748. The van der Waals surface area contributed by atoms with E-state index >= 15 is 0 Å². The number of methoxy groups -OCH3 is 2. The summed E-state index contributed by atoms with van der Waals surface area (Å²) in [5.74, 6) is -1.87. The lowest BCUT2D eigenvalue weighted by Crippen LogP contribution is -2.38. The Morgan fingerprint density at radius 1 is 1.27 bits per heavy atom. The third-order valence-corrected chi connectivity index (χ3v) is 5.75. The SMILES string of the molecule is COC[C@@H]1C[C@H](OC)CN1S(=O)(=O)c1cc(C)c(F)cc1F. The Kier molecular flexibility index (Phi) is 5.16. The number of rotatable bonds is 5. The van der Waals surface area contributed by atoms with Crippen molar-refractivity contribution in [3.05, 3.63) is 29.3 Å². The molecule has 1 aromatic carbocycles. The summed E-state index contributed by atoms with van der Waals surface area (Å²) in [6.07, 6.45) is 0.185. The molecule has 5 nitrogen and oxygen atoms in total. The number of sulfonamides is 1. The van der Waals surface area contributed by atoms with E-state index in [1.165, 1.54) is 25.4 Å². The summed E-state index contributed by atoms with van der Waals surface area (Å²) >= 11 is 0. The zero-order valence-corrected chi connectivity index (χ0v) is 13.5. The zero-order chi connectivity index (χ0) is 16.5. The Hall–Kier alpha value is -1.09. The Balaban J connectivity index is 2.42. The van der Waals surface area contributed by atoms with Crippen molar-refractivity contribution < 1.29 is 26.7 Å². The molecule has 1 aliphatic heterocycles. The molecule has 0 saturated carbocycles. The van der Waals surface area contributed by atoms with Crippen LogP contribution in [0.15, 0.2) is 17.0 Å². The molecule has 0 aliphatic carbocycles. The number of nitrogens with zero attached hydrogens (tertiary/aromatic N) is 1. The fraction of sp³-hybridized carbons (Fsp3) is 0.571. The molecule has 22 heavy (non-hydrogen) atoms. The summed E-state index contributed by atoms with van der Waals surface area (Å²) in [5, 5.41) is 0. The first-order valence-electron chi connectivity index (χ1n) is 6.80. The molecule has 1 aromatic rings. The largest absolute Gasteiger partial charge is 0.383 e. The van der Waals surface area contributed by atoms with Gasteiger partial charge in [-0.15, -0.1) is 0 Å². The Morgan fingerprint density at radius 3 is 2.55 bits per heavy atom. The smallest absolute Gasteiger partial charge is 0.246 e. The highest BCUT2D eigenvalue weighted by Crippen LogP contribution is 2.30. The second kappa shape index (κ2) is 6.57. The maximum atomic E-state index is 14.0. The summed E-state index contributed by atoms with van der Waals surface area (Å²) in [7, 11) is -1.13. The summed E-state index contributed by atoms with van der Waals surface area (Å²) in [6, 6.07) is 1.17. The monoisotopic (exact) mass is 335 g/mol. The first-order valence-corrected chi connectivity index (χ1v) is 8.24. The normalized spacial score (nSPS) is 23.1. The maximum Gasteiger partial charge on any atom is 0.246 e. The predicted octanol–water partition coefficient (Wildman–Crippen LogP) is 1.70. The first kappa shape index (κ1) is 17.3. The quantitative estimate of drug-likeness (QED) is 0.822. The average molecular weight is 335 g/mol. The van der Waals surface area contributed by atoms with Crippen LogP contribution in [0.1, 0.15) is 12.0 Å². The number of halogens is 2. The predicted molar refractivity (Wildman–Crippen MR) is 76.1 cm³/mol. The zero-order valence-electron chi connectivity index (χ0n) is 12.7. The van der Waals surface area contributed by atoms with E-state index < -0.39 is 32.6 Å². The topological polar surface area (TPSA) is 55.8 Å². The highest BCUT2D eigenvalue weighted by molar-refractivity contribution is 7.89. The molecular weight excluding hydrogens is 316 g/mol. The van der Waals surface area contributed by atoms with Gasteiger partial charge in [-0.1, -0.05) is 0 Å². The second-order valence-corrected chi connectivity index (χ2v) is 7.17. The van der Waals surface area contributed by atoms with Crippen molar-refractivity contribution in [2.24, 2.45) is 0 Å². The molecule has 0 spiro atoms. The van der Waals surface area contributed by atoms with Gasteiger partial charge in [0, 0.05) is 26.8 Å². The van der Waals surface area contributed by atoms with Crippen molar-refractivity contribution in [2.45, 2.75) is 30.4 Å². The van der Waals surface area contributed by atoms with Crippen LogP contribution in [-0.2, 0) is 19.5 Å². The van der Waals surface area contributed by atoms with E-state index in [0.29, 0.717) is 12.5 Å². The molecule has 0 N–H and O–H groups in total. The lowest BCUT2D eigenvalue weighted by molar-refractivity contribution is 0.110. The van der Waals surface area contributed by atoms with Crippen molar-refractivity contribution in [1.82, 2.24) is 4.31 Å². The Morgan fingerprint density at radius 2 is 1.95 bits per heavy atom. The molecule has 0 amide bonds. The first-order chi connectivity index (χ1) is 10.3. The van der Waals surface area contributed by atoms with Gasteiger partial charge >= 0.3 is 0 Å². The fourth-order valence-corrected chi connectivity index (χ4v) is 4.39. The standard InChI is InChI=1S/C14H19F2NO4S/c1-9-4-14(13(16)6-12(9)15)22(18,19)17-7-11(21-3)5-10(17)8-20-2/h4,6,10-11H,5,7-8H2,1-3H3/t10-,11-/m0/s1. The van der Waals surface area contributed by atoms with E-state index in [1.54, 1.807) is 0 Å². The Labute approximate surface area is 128 Å². The van der Waals surface area contributed by atoms with E-state index in [0.717, 1.165) is 6.07 Å². The molecule has 8 heteroatoms. The number of ether oxygens (including phenoxy) is 2. The summed E-state index contributed by atoms with van der Waals surface area (Å²) < 4.78 is 64.2. The Bertz CT molecular complexity index is 650. The minimum Gasteiger partial charge on any atom is -0.383 e. The number of benzene rings is 1. The number of hydrogen-bond donors (Lipinski definition) is 0. The van der Waals surface area contributed by atoms with Crippen LogP contribution in [0.4, 0.5) is 8.78 Å². The van der Waals surface area contributed by atoms with Crippen molar-refractivity contribution in [2.75, 3.05) is 27.4 Å². The van der Waals surface area contributed by atoms with Gasteiger partial charge in [-0.3, -0.25) is 0 Å². The van der Waals surface area contributed by atoms with Crippen LogP contribution in [0.25, 0.3) is 0 Å². The van der Waals surface area contributed by atoms with Gasteiger partial charge in [0.1, 0.15) is 16.5 Å². The van der Waals surface area contributed by atoms with Crippen molar-refractivity contribution in [3.63, 3.8) is 0 Å². The van der Waals surface area contributed by atoms with Gasteiger partial charge in [0.25, 0.3) is 0 Å². The van der Waals surface area contributed by atoms with E-state index in [1.807, 2.05) is 0 Å². The van der Waals surface area contributed by atoms with E-state index in [2.05, 4.69) is 0 Å². The van der Waals surface area contributed by atoms with Gasteiger partial charge in [-0.2, -0.15) is 4.31 Å². The molecule has 1 saturated heterocycles. The molecule has 124 valence electrons. The molecule has 1 aliphatic rings. The summed E-state index contributed by atoms with van der Waals surface area (Å²) in [4.78, 5) is -0.524. The molecule has 2 atom stereocenters. The molecule has 1 heterocycles. The van der Waals surface area contributed by atoms with Crippen LogP contribution in [0.5, 0.6) is 0 Å². The maximum absolute atomic E-state index is 14.0. The van der Waals surface area contributed by atoms with Gasteiger partial charge < -0.3 is 9.47 Å². The van der Waals surface area contributed by atoms with Gasteiger partial charge in [-0.25, -0.2) is 17.2 Å². The van der Waals surface area contributed by atoms with Crippen LogP contribution < -0.4 is 0 Å². The van der Waals surface area contributed by atoms with Gasteiger partial charge in [-0.05, 0) is 25.0 Å². The van der Waals surface area contributed by atoms with Crippen molar-refractivity contribution in [1.29, 1.82) is 0 Å².